The summed E-state index contributed by atoms with van der Waals surface area (Å²) in [6, 6.07) is 0. The predicted molar refractivity (Wildman–Crippen MR) is 32.5 cm³/mol. The molecule has 1 unspecified atom stereocenters. The van der Waals surface area contributed by atoms with E-state index in [-0.39, 0.29) is 0 Å². The summed E-state index contributed by atoms with van der Waals surface area (Å²) in [4.78, 5) is 0. The summed E-state index contributed by atoms with van der Waals surface area (Å²) in [5.41, 5.74) is 0. The summed E-state index contributed by atoms with van der Waals surface area (Å²) < 4.78 is 5.07. The molecule has 0 aromatic rings. The minimum absolute atomic E-state index is 0.351. The van der Waals surface area contributed by atoms with E-state index in [2.05, 4.69) is 6.08 Å². The fraction of sp³-hybridized carbons (Fsp3) is 0.714. The molecule has 0 N–H and O–H groups in total. The van der Waals surface area contributed by atoms with Gasteiger partial charge in [0.2, 0.25) is 0 Å². The van der Waals surface area contributed by atoms with Crippen LogP contribution in [0.15, 0.2) is 6.08 Å². The maximum atomic E-state index is 5.07. The van der Waals surface area contributed by atoms with Crippen molar-refractivity contribution in [2.75, 3.05) is 7.11 Å². The van der Waals surface area contributed by atoms with Gasteiger partial charge in [0.25, 0.3) is 0 Å². The lowest BCUT2D eigenvalue weighted by Crippen LogP contribution is -2.08. The number of rotatable bonds is 1. The van der Waals surface area contributed by atoms with E-state index in [9.17, 15) is 0 Å². The second-order valence-electron chi connectivity index (χ2n) is 2.04. The van der Waals surface area contributed by atoms with Gasteiger partial charge in [0.1, 0.15) is 0 Å². The lowest BCUT2D eigenvalue weighted by atomic mass is 10.1. The fourth-order valence-corrected chi connectivity index (χ4v) is 0.889. The number of ether oxygens (including phenoxy) is 1. The molecule has 45 valence electrons. The van der Waals surface area contributed by atoms with Gasteiger partial charge in [-0.05, 0) is 25.3 Å². The Morgan fingerprint density at radius 1 is 1.75 bits per heavy atom. The van der Waals surface area contributed by atoms with Crippen LogP contribution in [0, 0.1) is 6.08 Å². The average Bonchev–Trinajstić information content (AvgIpc) is 1.90. The highest BCUT2D eigenvalue weighted by Crippen LogP contribution is 2.11. The Balaban J connectivity index is 2.32. The first kappa shape index (κ1) is 5.83. The van der Waals surface area contributed by atoms with E-state index < -0.39 is 0 Å². The van der Waals surface area contributed by atoms with Crippen molar-refractivity contribution in [1.29, 1.82) is 0 Å². The van der Waals surface area contributed by atoms with Crippen LogP contribution in [0.4, 0.5) is 0 Å². The van der Waals surface area contributed by atoms with Crippen LogP contribution >= 0.6 is 0 Å². The zero-order chi connectivity index (χ0) is 5.82. The Morgan fingerprint density at radius 2 is 2.62 bits per heavy atom. The van der Waals surface area contributed by atoms with E-state index in [4.69, 9.17) is 4.74 Å². The molecule has 0 saturated carbocycles. The van der Waals surface area contributed by atoms with Crippen LogP contribution in [0.1, 0.15) is 19.3 Å². The molecule has 1 radical (unpaired) electrons. The van der Waals surface area contributed by atoms with Gasteiger partial charge in [-0.15, -0.1) is 0 Å². The van der Waals surface area contributed by atoms with E-state index in [1.165, 1.54) is 12.8 Å². The Hall–Kier alpha value is -0.300. The van der Waals surface area contributed by atoms with Crippen LogP contribution < -0.4 is 0 Å². The molecule has 0 spiro atoms. The first-order valence-electron chi connectivity index (χ1n) is 3.03. The number of allylic oxidation sites excluding steroid dienone is 1. The smallest absolute Gasteiger partial charge is 0.0757 e. The second-order valence-corrected chi connectivity index (χ2v) is 2.04. The third-order valence-corrected chi connectivity index (χ3v) is 1.42. The number of methoxy groups -OCH3 is 1. The highest BCUT2D eigenvalue weighted by molar-refractivity contribution is 4.87. The van der Waals surface area contributed by atoms with Gasteiger partial charge in [-0.25, -0.2) is 0 Å². The largest absolute Gasteiger partial charge is 0.377 e. The van der Waals surface area contributed by atoms with Gasteiger partial charge in [-0.3, -0.25) is 0 Å². The standard InChI is InChI=1S/C7H11O/c1-8-7-5-3-2-4-6-7/h6-7H,2-3,5H2,1H3. The number of hydrogen-bond acceptors (Lipinski definition) is 1. The molecule has 0 saturated heterocycles. The first-order valence-corrected chi connectivity index (χ1v) is 3.03. The molecule has 0 aromatic heterocycles. The molecule has 0 heterocycles. The minimum atomic E-state index is 0.351. The minimum Gasteiger partial charge on any atom is -0.377 e. The predicted octanol–water partition coefficient (Wildman–Crippen LogP) is 1.54. The molecule has 0 amide bonds. The molecule has 0 aromatic carbocycles. The van der Waals surface area contributed by atoms with Gasteiger partial charge in [0, 0.05) is 7.11 Å². The van der Waals surface area contributed by atoms with Crippen molar-refractivity contribution in [3.05, 3.63) is 12.2 Å². The van der Waals surface area contributed by atoms with E-state index in [1.54, 1.807) is 7.11 Å². The lowest BCUT2D eigenvalue weighted by Gasteiger charge is -2.12. The Morgan fingerprint density at radius 3 is 3.00 bits per heavy atom. The van der Waals surface area contributed by atoms with Crippen molar-refractivity contribution in [2.24, 2.45) is 0 Å². The zero-order valence-electron chi connectivity index (χ0n) is 5.18. The monoisotopic (exact) mass is 111 g/mol. The van der Waals surface area contributed by atoms with Gasteiger partial charge in [-0.1, -0.05) is 6.08 Å². The van der Waals surface area contributed by atoms with Crippen LogP contribution in [0.25, 0.3) is 0 Å². The average molecular weight is 111 g/mol. The molecule has 1 atom stereocenters. The Kier molecular flexibility index (Phi) is 2.10. The van der Waals surface area contributed by atoms with E-state index in [1.807, 2.05) is 6.08 Å². The number of hydrogen-bond donors (Lipinski definition) is 0. The van der Waals surface area contributed by atoms with E-state index in [0.29, 0.717) is 6.10 Å². The van der Waals surface area contributed by atoms with Gasteiger partial charge in [0.15, 0.2) is 0 Å². The SMILES string of the molecule is COC1C=[C]CCC1. The molecule has 8 heavy (non-hydrogen) atoms. The second kappa shape index (κ2) is 2.88. The molecule has 1 rings (SSSR count). The highest BCUT2D eigenvalue weighted by Gasteiger charge is 2.04. The summed E-state index contributed by atoms with van der Waals surface area (Å²) in [7, 11) is 1.74. The molecule has 1 aliphatic carbocycles. The summed E-state index contributed by atoms with van der Waals surface area (Å²) in [6.07, 6.45) is 9.02. The molecule has 1 nitrogen and oxygen atoms in total. The van der Waals surface area contributed by atoms with Crippen molar-refractivity contribution in [1.82, 2.24) is 0 Å². The zero-order valence-corrected chi connectivity index (χ0v) is 5.18. The molecule has 0 aliphatic heterocycles. The van der Waals surface area contributed by atoms with Crippen molar-refractivity contribution in [3.8, 4) is 0 Å². The summed E-state index contributed by atoms with van der Waals surface area (Å²) in [6.45, 7) is 0. The third kappa shape index (κ3) is 1.34. The van der Waals surface area contributed by atoms with Crippen LogP contribution in [0.2, 0.25) is 0 Å². The van der Waals surface area contributed by atoms with Crippen molar-refractivity contribution < 1.29 is 4.74 Å². The van der Waals surface area contributed by atoms with Gasteiger partial charge >= 0.3 is 0 Å². The van der Waals surface area contributed by atoms with Crippen molar-refractivity contribution in [3.63, 3.8) is 0 Å². The molecular formula is C7H11O. The van der Waals surface area contributed by atoms with E-state index in [0.717, 1.165) is 6.42 Å². The van der Waals surface area contributed by atoms with Gasteiger partial charge in [-0.2, -0.15) is 0 Å². The molecule has 1 heteroatoms. The highest BCUT2D eigenvalue weighted by atomic mass is 16.5. The normalized spacial score (nSPS) is 28.4. The quantitative estimate of drug-likeness (QED) is 0.498. The van der Waals surface area contributed by atoms with Gasteiger partial charge in [0.05, 0.1) is 6.10 Å². The topological polar surface area (TPSA) is 9.23 Å². The van der Waals surface area contributed by atoms with Crippen molar-refractivity contribution >= 4 is 0 Å². The molecule has 1 aliphatic rings. The Bertz CT molecular complexity index is 86.4. The maximum Gasteiger partial charge on any atom is 0.0757 e. The summed E-state index contributed by atoms with van der Waals surface area (Å²) in [5.74, 6) is 0. The Labute approximate surface area is 50.3 Å². The van der Waals surface area contributed by atoms with Crippen LogP contribution in [-0.4, -0.2) is 13.2 Å². The van der Waals surface area contributed by atoms with Gasteiger partial charge < -0.3 is 4.74 Å². The third-order valence-electron chi connectivity index (χ3n) is 1.42. The summed E-state index contributed by atoms with van der Waals surface area (Å²) in [5, 5.41) is 0. The fourth-order valence-electron chi connectivity index (χ4n) is 0.889. The van der Waals surface area contributed by atoms with E-state index >= 15 is 0 Å². The molecule has 0 bridgehead atoms. The van der Waals surface area contributed by atoms with Crippen molar-refractivity contribution in [2.45, 2.75) is 25.4 Å². The summed E-state index contributed by atoms with van der Waals surface area (Å²) >= 11 is 0. The van der Waals surface area contributed by atoms with Crippen LogP contribution in [0.3, 0.4) is 0 Å². The first-order chi connectivity index (χ1) is 3.93. The van der Waals surface area contributed by atoms with Crippen LogP contribution in [-0.2, 0) is 4.74 Å². The maximum absolute atomic E-state index is 5.07. The van der Waals surface area contributed by atoms with Crippen LogP contribution in [0.5, 0.6) is 0 Å². The molecule has 0 fully saturated rings. The molecular weight excluding hydrogens is 100 g/mol. The lowest BCUT2D eigenvalue weighted by molar-refractivity contribution is 0.127.